The minimum absolute atomic E-state index is 0.0598. The summed E-state index contributed by atoms with van der Waals surface area (Å²) in [4.78, 5) is 4.61. The maximum Gasteiger partial charge on any atom is 0.234 e. The first-order valence-corrected chi connectivity index (χ1v) is 10.2. The first-order chi connectivity index (χ1) is 10.1. The molecule has 0 atom stereocenters. The van der Waals surface area contributed by atoms with E-state index in [-0.39, 0.29) is 10.1 Å². The van der Waals surface area contributed by atoms with E-state index < -0.39 is 9.84 Å². The summed E-state index contributed by atoms with van der Waals surface area (Å²) in [6, 6.07) is 0.392. The SMILES string of the molecule is O=S(=O)(Cc1cncs1)c1nnc(NC2CCCCC2)s1. The highest BCUT2D eigenvalue weighted by molar-refractivity contribution is 7.92. The van der Waals surface area contributed by atoms with E-state index in [1.165, 1.54) is 30.6 Å². The molecule has 3 rings (SSSR count). The van der Waals surface area contributed by atoms with E-state index in [9.17, 15) is 8.42 Å². The van der Waals surface area contributed by atoms with Gasteiger partial charge in [-0.25, -0.2) is 8.42 Å². The lowest BCUT2D eigenvalue weighted by Gasteiger charge is -2.21. The molecule has 2 heterocycles. The highest BCUT2D eigenvalue weighted by Gasteiger charge is 2.23. The van der Waals surface area contributed by atoms with Crippen molar-refractivity contribution in [3.63, 3.8) is 0 Å². The standard InChI is InChI=1S/C12H16N4O2S3/c17-21(18,7-10-6-13-8-19-10)12-16-15-11(20-12)14-9-4-2-1-3-5-9/h6,8-9H,1-5,7H2,(H,14,15). The number of aromatic nitrogens is 3. The lowest BCUT2D eigenvalue weighted by Crippen LogP contribution is -2.21. The van der Waals surface area contributed by atoms with Crippen LogP contribution < -0.4 is 5.32 Å². The monoisotopic (exact) mass is 344 g/mol. The number of nitrogens with one attached hydrogen (secondary N) is 1. The van der Waals surface area contributed by atoms with Gasteiger partial charge in [0.25, 0.3) is 0 Å². The van der Waals surface area contributed by atoms with Gasteiger partial charge in [-0.1, -0.05) is 30.6 Å². The Morgan fingerprint density at radius 2 is 2.05 bits per heavy atom. The largest absolute Gasteiger partial charge is 0.357 e. The van der Waals surface area contributed by atoms with Crippen LogP contribution in [-0.4, -0.2) is 29.6 Å². The van der Waals surface area contributed by atoms with Crippen molar-refractivity contribution < 1.29 is 8.42 Å². The molecule has 9 heteroatoms. The molecule has 0 amide bonds. The number of hydrogen-bond donors (Lipinski definition) is 1. The lowest BCUT2D eigenvalue weighted by molar-refractivity contribution is 0.462. The topological polar surface area (TPSA) is 84.8 Å². The van der Waals surface area contributed by atoms with Crippen molar-refractivity contribution in [3.8, 4) is 0 Å². The highest BCUT2D eigenvalue weighted by Crippen LogP contribution is 2.27. The molecular weight excluding hydrogens is 328 g/mol. The minimum Gasteiger partial charge on any atom is -0.357 e. The van der Waals surface area contributed by atoms with Crippen LogP contribution in [0, 0.1) is 0 Å². The zero-order chi connectivity index (χ0) is 14.7. The Kier molecular flexibility index (Phi) is 4.51. The van der Waals surface area contributed by atoms with Gasteiger partial charge in [0, 0.05) is 17.1 Å². The number of rotatable bonds is 5. The quantitative estimate of drug-likeness (QED) is 0.897. The lowest BCUT2D eigenvalue weighted by atomic mass is 9.96. The van der Waals surface area contributed by atoms with Gasteiger partial charge in [-0.05, 0) is 12.8 Å². The van der Waals surface area contributed by atoms with Crippen LogP contribution in [0.5, 0.6) is 0 Å². The summed E-state index contributed by atoms with van der Waals surface area (Å²) < 4.78 is 24.6. The minimum atomic E-state index is -3.43. The van der Waals surface area contributed by atoms with Gasteiger partial charge in [-0.3, -0.25) is 4.98 Å². The summed E-state index contributed by atoms with van der Waals surface area (Å²) in [7, 11) is -3.43. The van der Waals surface area contributed by atoms with E-state index >= 15 is 0 Å². The van der Waals surface area contributed by atoms with Gasteiger partial charge in [0.15, 0.2) is 0 Å². The van der Waals surface area contributed by atoms with Gasteiger partial charge < -0.3 is 5.32 Å². The zero-order valence-electron chi connectivity index (χ0n) is 11.4. The van der Waals surface area contributed by atoms with Crippen LogP contribution in [0.2, 0.25) is 0 Å². The zero-order valence-corrected chi connectivity index (χ0v) is 13.8. The predicted molar refractivity (Wildman–Crippen MR) is 83.4 cm³/mol. The third-order valence-electron chi connectivity index (χ3n) is 3.42. The van der Waals surface area contributed by atoms with Crippen molar-refractivity contribution in [1.82, 2.24) is 15.2 Å². The fourth-order valence-corrected chi connectivity index (χ4v) is 5.71. The summed E-state index contributed by atoms with van der Waals surface area (Å²) in [5.41, 5.74) is 1.63. The average molecular weight is 344 g/mol. The molecule has 21 heavy (non-hydrogen) atoms. The molecule has 1 aliphatic rings. The Morgan fingerprint density at radius 3 is 2.76 bits per heavy atom. The fourth-order valence-electron chi connectivity index (χ4n) is 2.38. The normalized spacial score (nSPS) is 17.0. The number of thiazole rings is 1. The second-order valence-electron chi connectivity index (χ2n) is 5.08. The molecule has 1 aliphatic carbocycles. The van der Waals surface area contributed by atoms with Gasteiger partial charge in [0.2, 0.25) is 19.3 Å². The van der Waals surface area contributed by atoms with E-state index in [0.29, 0.717) is 16.1 Å². The van der Waals surface area contributed by atoms with E-state index in [1.807, 2.05) is 0 Å². The van der Waals surface area contributed by atoms with Crippen LogP contribution in [0.3, 0.4) is 0 Å². The van der Waals surface area contributed by atoms with E-state index in [1.54, 1.807) is 11.7 Å². The van der Waals surface area contributed by atoms with Crippen LogP contribution in [0.4, 0.5) is 5.13 Å². The highest BCUT2D eigenvalue weighted by atomic mass is 32.2. The molecule has 0 aliphatic heterocycles. The van der Waals surface area contributed by atoms with Crippen molar-refractivity contribution in [2.24, 2.45) is 0 Å². The van der Waals surface area contributed by atoms with Crippen molar-refractivity contribution in [1.29, 1.82) is 0 Å². The molecule has 0 spiro atoms. The van der Waals surface area contributed by atoms with E-state index in [4.69, 9.17) is 0 Å². The van der Waals surface area contributed by atoms with Crippen molar-refractivity contribution in [3.05, 3.63) is 16.6 Å². The molecule has 0 aromatic carbocycles. The second-order valence-corrected chi connectivity index (χ2v) is 9.19. The number of sulfone groups is 1. The summed E-state index contributed by atoms with van der Waals surface area (Å²) in [5.74, 6) is -0.0598. The molecule has 0 unspecified atom stereocenters. The van der Waals surface area contributed by atoms with Crippen molar-refractivity contribution in [2.75, 3.05) is 5.32 Å². The molecule has 2 aromatic rings. The van der Waals surface area contributed by atoms with E-state index in [2.05, 4.69) is 20.5 Å². The van der Waals surface area contributed by atoms with Gasteiger partial charge >= 0.3 is 0 Å². The van der Waals surface area contributed by atoms with Gasteiger partial charge in [0.1, 0.15) is 0 Å². The number of nitrogens with zero attached hydrogens (tertiary/aromatic N) is 3. The average Bonchev–Trinajstić information content (AvgIpc) is 3.11. The van der Waals surface area contributed by atoms with Gasteiger partial charge in [0.05, 0.1) is 11.3 Å². The second kappa shape index (κ2) is 6.37. The number of hydrogen-bond acceptors (Lipinski definition) is 8. The summed E-state index contributed by atoms with van der Waals surface area (Å²) in [5, 5.41) is 11.7. The van der Waals surface area contributed by atoms with Crippen LogP contribution >= 0.6 is 22.7 Å². The molecule has 1 saturated carbocycles. The molecule has 1 N–H and O–H groups in total. The number of anilines is 1. The van der Waals surface area contributed by atoms with Crippen LogP contribution in [0.1, 0.15) is 37.0 Å². The first-order valence-electron chi connectivity index (χ1n) is 6.84. The van der Waals surface area contributed by atoms with E-state index in [0.717, 1.165) is 24.2 Å². The molecule has 0 radical (unpaired) electrons. The Balaban J connectivity index is 1.68. The molecule has 2 aromatic heterocycles. The Bertz CT molecular complexity index is 675. The Labute approximate surface area is 131 Å². The van der Waals surface area contributed by atoms with Crippen LogP contribution in [0.25, 0.3) is 0 Å². The summed E-state index contributed by atoms with van der Waals surface area (Å²) >= 11 is 2.45. The van der Waals surface area contributed by atoms with Crippen LogP contribution in [0.15, 0.2) is 16.0 Å². The molecule has 0 saturated heterocycles. The Hall–Kier alpha value is -1.06. The van der Waals surface area contributed by atoms with Gasteiger partial charge in [-0.2, -0.15) is 0 Å². The smallest absolute Gasteiger partial charge is 0.234 e. The molecule has 1 fully saturated rings. The molecule has 114 valence electrons. The summed E-state index contributed by atoms with van der Waals surface area (Å²) in [6.45, 7) is 0. The first kappa shape index (κ1) is 14.9. The molecular formula is C12H16N4O2S3. The van der Waals surface area contributed by atoms with Crippen LogP contribution in [-0.2, 0) is 15.6 Å². The molecule has 0 bridgehead atoms. The maximum atomic E-state index is 12.3. The van der Waals surface area contributed by atoms with Gasteiger partial charge in [-0.15, -0.1) is 21.5 Å². The predicted octanol–water partition coefficient (Wildman–Crippen LogP) is 2.71. The summed E-state index contributed by atoms with van der Waals surface area (Å²) in [6.07, 6.45) is 7.51. The third-order valence-corrected chi connectivity index (χ3v) is 7.35. The van der Waals surface area contributed by atoms with Crippen molar-refractivity contribution in [2.45, 2.75) is 48.2 Å². The Morgan fingerprint density at radius 1 is 1.24 bits per heavy atom. The third kappa shape index (κ3) is 3.78. The molecule has 6 nitrogen and oxygen atoms in total. The maximum absolute atomic E-state index is 12.3. The fraction of sp³-hybridized carbons (Fsp3) is 0.583. The van der Waals surface area contributed by atoms with Crippen molar-refractivity contribution >= 4 is 37.6 Å².